The molecule has 5 heterocycles. The maximum absolute atomic E-state index is 8.88. The molecule has 6 rings (SSSR count). The minimum atomic E-state index is -4.64. The van der Waals surface area contributed by atoms with Crippen LogP contribution in [-0.4, -0.2) is 75.0 Å². The second kappa shape index (κ2) is 13.9. The fourth-order valence-electron chi connectivity index (χ4n) is 4.90. The van der Waals surface area contributed by atoms with Gasteiger partial charge in [-0.05, 0) is 49.5 Å². The quantitative estimate of drug-likeness (QED) is 0.135. The highest BCUT2D eigenvalue weighted by Gasteiger charge is 2.12. The SMILES string of the molecule is Cn1cc(-c2ccc(CNc3cc(-c4cnc5cc(OCCCN6CCCC6)ccn45)ncn3)cc2)cn1.O=P(O)(O)O. The number of imidazole rings is 1. The lowest BCUT2D eigenvalue weighted by Gasteiger charge is -2.14. The Hall–Kier alpha value is -4.13. The number of hydrogen-bond acceptors (Lipinski definition) is 8. The van der Waals surface area contributed by atoms with Gasteiger partial charge in [-0.3, -0.25) is 9.08 Å². The summed E-state index contributed by atoms with van der Waals surface area (Å²) in [7, 11) is -2.71. The van der Waals surface area contributed by atoms with Crippen molar-refractivity contribution < 1.29 is 24.0 Å². The lowest BCUT2D eigenvalue weighted by molar-refractivity contribution is 0.263. The van der Waals surface area contributed by atoms with E-state index in [0.717, 1.165) is 52.7 Å². The van der Waals surface area contributed by atoms with Gasteiger partial charge in [0.1, 0.15) is 23.5 Å². The van der Waals surface area contributed by atoms with E-state index in [2.05, 4.69) is 54.5 Å². The van der Waals surface area contributed by atoms with E-state index in [1.165, 1.54) is 31.5 Å². The van der Waals surface area contributed by atoms with E-state index in [9.17, 15) is 0 Å². The van der Waals surface area contributed by atoms with Gasteiger partial charge in [-0.15, -0.1) is 0 Å². The van der Waals surface area contributed by atoms with Crippen LogP contribution in [-0.2, 0) is 18.2 Å². The molecule has 4 N–H and O–H groups in total. The number of likely N-dealkylation sites (tertiary alicyclic amines) is 1. The van der Waals surface area contributed by atoms with Crippen molar-refractivity contribution in [2.45, 2.75) is 25.8 Å². The van der Waals surface area contributed by atoms with Crippen molar-refractivity contribution in [3.05, 3.63) is 79.1 Å². The van der Waals surface area contributed by atoms with Crippen molar-refractivity contribution in [1.82, 2.24) is 34.0 Å². The molecule has 0 radical (unpaired) electrons. The van der Waals surface area contributed by atoms with Crippen molar-refractivity contribution >= 4 is 19.3 Å². The third-order valence-electron chi connectivity index (χ3n) is 6.97. The van der Waals surface area contributed by atoms with E-state index in [1.807, 2.05) is 59.1 Å². The zero-order chi connectivity index (χ0) is 30.2. The van der Waals surface area contributed by atoms with Crippen LogP contribution in [0.4, 0.5) is 5.82 Å². The number of benzene rings is 1. The van der Waals surface area contributed by atoms with Crippen LogP contribution in [0.3, 0.4) is 0 Å². The molecule has 1 aliphatic rings. The van der Waals surface area contributed by atoms with E-state index < -0.39 is 7.82 Å². The van der Waals surface area contributed by atoms with Crippen LogP contribution >= 0.6 is 7.82 Å². The molecule has 0 atom stereocenters. The number of aromatic nitrogens is 6. The van der Waals surface area contributed by atoms with Crippen LogP contribution in [0.2, 0.25) is 0 Å². The molecule has 0 amide bonds. The molecule has 0 unspecified atom stereocenters. The lowest BCUT2D eigenvalue weighted by Crippen LogP contribution is -2.21. The van der Waals surface area contributed by atoms with Gasteiger partial charge in [0, 0.05) is 50.2 Å². The van der Waals surface area contributed by atoms with Crippen LogP contribution in [0, 0.1) is 0 Å². The largest absolute Gasteiger partial charge is 0.493 e. The Bertz CT molecular complexity index is 1670. The summed E-state index contributed by atoms with van der Waals surface area (Å²) in [5.74, 6) is 1.61. The van der Waals surface area contributed by atoms with Gasteiger partial charge in [0.2, 0.25) is 0 Å². The number of aryl methyl sites for hydroxylation is 1. The molecule has 43 heavy (non-hydrogen) atoms. The van der Waals surface area contributed by atoms with Gasteiger partial charge in [-0.1, -0.05) is 24.3 Å². The Balaban J connectivity index is 0.000000682. The fourth-order valence-corrected chi connectivity index (χ4v) is 4.90. The maximum atomic E-state index is 8.88. The first-order chi connectivity index (χ1) is 20.7. The van der Waals surface area contributed by atoms with E-state index in [1.54, 1.807) is 6.33 Å². The smallest absolute Gasteiger partial charge is 0.466 e. The van der Waals surface area contributed by atoms with Crippen LogP contribution in [0.25, 0.3) is 28.2 Å². The minimum absolute atomic E-state index is 0.662. The zero-order valence-corrected chi connectivity index (χ0v) is 24.7. The molecule has 1 aliphatic heterocycles. The van der Waals surface area contributed by atoms with Crippen molar-refractivity contribution in [3.8, 4) is 28.3 Å². The van der Waals surface area contributed by atoms with E-state index in [-0.39, 0.29) is 0 Å². The van der Waals surface area contributed by atoms with Crippen LogP contribution in [0.5, 0.6) is 5.75 Å². The normalized spacial score (nSPS) is 13.6. The Morgan fingerprint density at radius 2 is 1.74 bits per heavy atom. The number of rotatable bonds is 10. The number of nitrogens with zero attached hydrogens (tertiary/aromatic N) is 7. The predicted molar refractivity (Wildman–Crippen MR) is 162 cm³/mol. The van der Waals surface area contributed by atoms with Gasteiger partial charge in [0.25, 0.3) is 0 Å². The highest BCUT2D eigenvalue weighted by atomic mass is 31.2. The van der Waals surface area contributed by atoms with E-state index in [0.29, 0.717) is 13.2 Å². The second-order valence-corrected chi connectivity index (χ2v) is 11.3. The summed E-state index contributed by atoms with van der Waals surface area (Å²) in [6.07, 6.45) is 13.0. The first-order valence-electron chi connectivity index (χ1n) is 14.0. The molecule has 1 aromatic carbocycles. The number of fused-ring (bicyclic) bond motifs is 1. The lowest BCUT2D eigenvalue weighted by atomic mass is 10.1. The summed E-state index contributed by atoms with van der Waals surface area (Å²) >= 11 is 0. The molecule has 0 bridgehead atoms. The number of anilines is 1. The predicted octanol–water partition coefficient (Wildman–Crippen LogP) is 3.74. The fraction of sp³-hybridized carbons (Fsp3) is 0.310. The first-order valence-corrected chi connectivity index (χ1v) is 15.5. The highest BCUT2D eigenvalue weighted by molar-refractivity contribution is 7.45. The molecular weight excluding hydrogens is 571 g/mol. The number of nitrogens with one attached hydrogen (secondary N) is 1. The van der Waals surface area contributed by atoms with Crippen molar-refractivity contribution in [3.63, 3.8) is 0 Å². The van der Waals surface area contributed by atoms with Crippen molar-refractivity contribution in [2.24, 2.45) is 7.05 Å². The van der Waals surface area contributed by atoms with E-state index >= 15 is 0 Å². The van der Waals surface area contributed by atoms with Gasteiger partial charge < -0.3 is 29.6 Å². The average molecular weight is 607 g/mol. The van der Waals surface area contributed by atoms with Crippen LogP contribution < -0.4 is 10.1 Å². The summed E-state index contributed by atoms with van der Waals surface area (Å²) in [5.41, 5.74) is 5.97. The highest BCUT2D eigenvalue weighted by Crippen LogP contribution is 2.26. The molecule has 5 aromatic rings. The number of pyridine rings is 1. The molecule has 14 heteroatoms. The molecule has 13 nitrogen and oxygen atoms in total. The second-order valence-electron chi connectivity index (χ2n) is 10.2. The molecule has 1 fully saturated rings. The van der Waals surface area contributed by atoms with Crippen molar-refractivity contribution in [2.75, 3.05) is 31.6 Å². The summed E-state index contributed by atoms with van der Waals surface area (Å²) < 4.78 is 18.7. The molecule has 1 saturated heterocycles. The summed E-state index contributed by atoms with van der Waals surface area (Å²) in [4.78, 5) is 37.6. The van der Waals surface area contributed by atoms with Gasteiger partial charge in [0.05, 0.1) is 30.4 Å². The molecular formula is C29H35N8O5P. The first kappa shape index (κ1) is 30.3. The van der Waals surface area contributed by atoms with Gasteiger partial charge in [-0.25, -0.2) is 19.5 Å². The van der Waals surface area contributed by atoms with Crippen LogP contribution in [0.1, 0.15) is 24.8 Å². The molecule has 0 aliphatic carbocycles. The van der Waals surface area contributed by atoms with Gasteiger partial charge >= 0.3 is 7.82 Å². The summed E-state index contributed by atoms with van der Waals surface area (Å²) in [5, 5.41) is 7.66. The zero-order valence-electron chi connectivity index (χ0n) is 23.8. The summed E-state index contributed by atoms with van der Waals surface area (Å²) in [6, 6.07) is 14.4. The Kier molecular flexibility index (Phi) is 9.80. The topological polar surface area (TPSA) is 163 Å². The summed E-state index contributed by atoms with van der Waals surface area (Å²) in [6.45, 7) is 4.94. The van der Waals surface area contributed by atoms with Gasteiger partial charge in [-0.2, -0.15) is 5.10 Å². The number of ether oxygens (including phenoxy) is 1. The molecule has 0 saturated carbocycles. The minimum Gasteiger partial charge on any atom is -0.493 e. The third kappa shape index (κ3) is 8.93. The third-order valence-corrected chi connectivity index (χ3v) is 6.97. The number of phosphoric acid groups is 1. The molecule has 4 aromatic heterocycles. The van der Waals surface area contributed by atoms with Gasteiger partial charge in [0.15, 0.2) is 0 Å². The Labute approximate surface area is 249 Å². The molecule has 0 spiro atoms. The molecule has 226 valence electrons. The standard InChI is InChI=1S/C29H32N8O.H3O4P/c1-35-20-24(18-34-35)23-7-5-22(6-8-23)17-30-28-16-26(32-21-33-28)27-19-31-29-15-25(9-13-37(27)29)38-14-4-12-36-10-2-3-11-36;1-5(2,3)4/h5-9,13,15-16,18-21H,2-4,10-12,14,17H2,1H3,(H,30,32,33);(H3,1,2,3,4). The Morgan fingerprint density at radius 3 is 2.47 bits per heavy atom. The maximum Gasteiger partial charge on any atom is 0.466 e. The number of hydrogen-bond donors (Lipinski definition) is 4. The van der Waals surface area contributed by atoms with Crippen molar-refractivity contribution in [1.29, 1.82) is 0 Å². The van der Waals surface area contributed by atoms with Crippen LogP contribution in [0.15, 0.2) is 73.6 Å². The van der Waals surface area contributed by atoms with E-state index in [4.69, 9.17) is 24.0 Å². The monoisotopic (exact) mass is 606 g/mol. The average Bonchev–Trinajstić information content (AvgIpc) is 3.75. The Morgan fingerprint density at radius 1 is 0.977 bits per heavy atom.